The number of nitrogens with zero attached hydrogens (tertiary/aromatic N) is 2. The van der Waals surface area contributed by atoms with Crippen LogP contribution in [0.5, 0.6) is 11.5 Å². The number of hydrogen-bond acceptors (Lipinski definition) is 4. The molecule has 1 amide bonds. The number of aromatic nitrogens is 2. The first kappa shape index (κ1) is 11.0. The Morgan fingerprint density at radius 1 is 1.47 bits per heavy atom. The first-order valence-corrected chi connectivity index (χ1v) is 4.92. The number of nitrogen functional groups attached to an aromatic ring is 1. The Kier molecular flexibility index (Phi) is 2.70. The normalized spacial score (nSPS) is 10.2. The van der Waals surface area contributed by atoms with E-state index in [1.807, 2.05) is 0 Å². The van der Waals surface area contributed by atoms with E-state index in [4.69, 9.17) is 16.2 Å². The van der Waals surface area contributed by atoms with E-state index in [1.54, 1.807) is 42.3 Å². The van der Waals surface area contributed by atoms with Crippen LogP contribution in [-0.2, 0) is 7.05 Å². The minimum Gasteiger partial charge on any atom is -0.452 e. The summed E-state index contributed by atoms with van der Waals surface area (Å²) >= 11 is 0. The Labute approximate surface area is 97.8 Å². The number of benzene rings is 1. The molecule has 4 N–H and O–H groups in total. The van der Waals surface area contributed by atoms with Gasteiger partial charge < -0.3 is 16.2 Å². The van der Waals surface area contributed by atoms with Gasteiger partial charge in [0.25, 0.3) is 5.91 Å². The van der Waals surface area contributed by atoms with Crippen molar-refractivity contribution in [1.82, 2.24) is 9.78 Å². The number of anilines is 1. The molecule has 0 fully saturated rings. The minimum absolute atomic E-state index is 0.226. The number of para-hydroxylation sites is 1. The third-order valence-electron chi connectivity index (χ3n) is 2.24. The van der Waals surface area contributed by atoms with Gasteiger partial charge in [0.05, 0.1) is 23.6 Å². The zero-order valence-electron chi connectivity index (χ0n) is 9.25. The minimum atomic E-state index is -0.584. The monoisotopic (exact) mass is 232 g/mol. The van der Waals surface area contributed by atoms with Crippen LogP contribution in [0.15, 0.2) is 30.6 Å². The molecular formula is C11H12N4O2. The summed E-state index contributed by atoms with van der Waals surface area (Å²) in [7, 11) is 1.77. The summed E-state index contributed by atoms with van der Waals surface area (Å²) in [6.07, 6.45) is 3.24. The first-order valence-electron chi connectivity index (χ1n) is 4.92. The molecule has 6 nitrogen and oxygen atoms in total. The van der Waals surface area contributed by atoms with E-state index in [2.05, 4.69) is 5.10 Å². The lowest BCUT2D eigenvalue weighted by Crippen LogP contribution is -2.13. The molecule has 2 aromatic rings. The number of ether oxygens (including phenoxy) is 1. The average Bonchev–Trinajstić information content (AvgIpc) is 2.67. The first-order chi connectivity index (χ1) is 8.08. The van der Waals surface area contributed by atoms with Gasteiger partial charge >= 0.3 is 0 Å². The van der Waals surface area contributed by atoms with Gasteiger partial charge in [0.15, 0.2) is 11.5 Å². The number of primary amides is 1. The number of carbonyl (C=O) groups excluding carboxylic acids is 1. The zero-order chi connectivity index (χ0) is 12.4. The van der Waals surface area contributed by atoms with E-state index in [1.165, 1.54) is 0 Å². The van der Waals surface area contributed by atoms with Crippen molar-refractivity contribution in [3.63, 3.8) is 0 Å². The van der Waals surface area contributed by atoms with Crippen LogP contribution in [0.25, 0.3) is 0 Å². The molecule has 0 unspecified atom stereocenters. The van der Waals surface area contributed by atoms with E-state index in [-0.39, 0.29) is 11.3 Å². The van der Waals surface area contributed by atoms with Gasteiger partial charge in [-0.1, -0.05) is 6.07 Å². The number of rotatable bonds is 3. The largest absolute Gasteiger partial charge is 0.452 e. The van der Waals surface area contributed by atoms with Crippen molar-refractivity contribution >= 4 is 11.6 Å². The number of amides is 1. The van der Waals surface area contributed by atoms with Crippen molar-refractivity contribution in [2.45, 2.75) is 0 Å². The fraction of sp³-hybridized carbons (Fsp3) is 0.0909. The van der Waals surface area contributed by atoms with Gasteiger partial charge in [-0.3, -0.25) is 9.48 Å². The van der Waals surface area contributed by atoms with Crippen LogP contribution in [0, 0.1) is 0 Å². The summed E-state index contributed by atoms with van der Waals surface area (Å²) in [5.74, 6) is 0.342. The maximum atomic E-state index is 11.1. The van der Waals surface area contributed by atoms with Gasteiger partial charge in [0.1, 0.15) is 0 Å². The molecule has 0 bridgehead atoms. The van der Waals surface area contributed by atoms with Gasteiger partial charge in [-0.2, -0.15) is 5.10 Å². The van der Waals surface area contributed by atoms with Gasteiger partial charge in [0, 0.05) is 7.05 Å². The van der Waals surface area contributed by atoms with Crippen LogP contribution >= 0.6 is 0 Å². The lowest BCUT2D eigenvalue weighted by molar-refractivity contribution is 0.100. The second kappa shape index (κ2) is 4.17. The van der Waals surface area contributed by atoms with Crippen LogP contribution in [0.4, 0.5) is 5.69 Å². The molecule has 1 aromatic heterocycles. The second-order valence-electron chi connectivity index (χ2n) is 3.53. The number of aryl methyl sites for hydroxylation is 1. The Balaban J connectivity index is 2.33. The molecule has 17 heavy (non-hydrogen) atoms. The number of hydrogen-bond donors (Lipinski definition) is 2. The average molecular weight is 232 g/mol. The summed E-state index contributed by atoms with van der Waals surface area (Å²) < 4.78 is 7.11. The topological polar surface area (TPSA) is 96.2 Å². The molecule has 2 rings (SSSR count). The summed E-state index contributed by atoms with van der Waals surface area (Å²) in [6, 6.07) is 4.87. The van der Waals surface area contributed by atoms with Crippen molar-refractivity contribution in [3.05, 3.63) is 36.2 Å². The summed E-state index contributed by atoms with van der Waals surface area (Å²) in [4.78, 5) is 11.1. The fourth-order valence-electron chi connectivity index (χ4n) is 1.43. The summed E-state index contributed by atoms with van der Waals surface area (Å²) in [6.45, 7) is 0. The Bertz CT molecular complexity index is 562. The van der Waals surface area contributed by atoms with Crippen molar-refractivity contribution in [1.29, 1.82) is 0 Å². The molecule has 0 spiro atoms. The third-order valence-corrected chi connectivity index (χ3v) is 2.24. The van der Waals surface area contributed by atoms with E-state index in [0.717, 1.165) is 0 Å². The Morgan fingerprint density at radius 3 is 2.82 bits per heavy atom. The molecule has 1 heterocycles. The van der Waals surface area contributed by atoms with Gasteiger partial charge in [-0.05, 0) is 12.1 Å². The van der Waals surface area contributed by atoms with Crippen LogP contribution in [0.2, 0.25) is 0 Å². The molecule has 0 aliphatic carbocycles. The number of nitrogens with two attached hydrogens (primary N) is 2. The molecule has 88 valence electrons. The van der Waals surface area contributed by atoms with Crippen LogP contribution in [-0.4, -0.2) is 15.7 Å². The lowest BCUT2D eigenvalue weighted by Gasteiger charge is -2.08. The van der Waals surface area contributed by atoms with E-state index in [9.17, 15) is 4.79 Å². The standard InChI is InChI=1S/C11H12N4O2/c1-15-6-7(5-14-15)17-9-4-2-3-8(10(9)12)11(13)16/h2-6H,12H2,1H3,(H2,13,16). The van der Waals surface area contributed by atoms with E-state index in [0.29, 0.717) is 11.5 Å². The molecule has 0 atom stereocenters. The molecule has 0 saturated carbocycles. The van der Waals surface area contributed by atoms with Crippen LogP contribution in [0.3, 0.4) is 0 Å². The second-order valence-corrected chi connectivity index (χ2v) is 3.53. The smallest absolute Gasteiger partial charge is 0.250 e. The SMILES string of the molecule is Cn1cc(Oc2cccc(C(N)=O)c2N)cn1. The summed E-state index contributed by atoms with van der Waals surface area (Å²) in [5, 5.41) is 3.96. The van der Waals surface area contributed by atoms with Crippen LogP contribution in [0.1, 0.15) is 10.4 Å². The van der Waals surface area contributed by atoms with E-state index >= 15 is 0 Å². The fourth-order valence-corrected chi connectivity index (χ4v) is 1.43. The maximum Gasteiger partial charge on any atom is 0.250 e. The molecule has 1 aromatic carbocycles. The van der Waals surface area contributed by atoms with Crippen molar-refractivity contribution < 1.29 is 9.53 Å². The van der Waals surface area contributed by atoms with Crippen molar-refractivity contribution in [2.24, 2.45) is 12.8 Å². The summed E-state index contributed by atoms with van der Waals surface area (Å²) in [5.41, 5.74) is 11.4. The molecule has 0 saturated heterocycles. The highest BCUT2D eigenvalue weighted by Crippen LogP contribution is 2.29. The lowest BCUT2D eigenvalue weighted by atomic mass is 10.1. The number of carbonyl (C=O) groups is 1. The predicted molar refractivity (Wildman–Crippen MR) is 62.7 cm³/mol. The van der Waals surface area contributed by atoms with Gasteiger partial charge in [-0.15, -0.1) is 0 Å². The molecule has 0 aliphatic heterocycles. The third kappa shape index (κ3) is 2.20. The molecular weight excluding hydrogens is 220 g/mol. The highest BCUT2D eigenvalue weighted by Gasteiger charge is 2.11. The van der Waals surface area contributed by atoms with Crippen LogP contribution < -0.4 is 16.2 Å². The Morgan fingerprint density at radius 2 is 2.24 bits per heavy atom. The maximum absolute atomic E-state index is 11.1. The van der Waals surface area contributed by atoms with Gasteiger partial charge in [-0.25, -0.2) is 0 Å². The predicted octanol–water partition coefficient (Wildman–Crippen LogP) is 0.894. The van der Waals surface area contributed by atoms with Crippen molar-refractivity contribution in [2.75, 3.05) is 5.73 Å². The van der Waals surface area contributed by atoms with E-state index < -0.39 is 5.91 Å². The molecule has 0 radical (unpaired) electrons. The highest BCUT2D eigenvalue weighted by atomic mass is 16.5. The zero-order valence-corrected chi connectivity index (χ0v) is 9.25. The molecule has 0 aliphatic rings. The van der Waals surface area contributed by atoms with Crippen molar-refractivity contribution in [3.8, 4) is 11.5 Å². The Hall–Kier alpha value is -2.50. The molecule has 6 heteroatoms. The van der Waals surface area contributed by atoms with Gasteiger partial charge in [0.2, 0.25) is 0 Å². The highest BCUT2D eigenvalue weighted by molar-refractivity contribution is 5.99. The quantitative estimate of drug-likeness (QED) is 0.768.